The van der Waals surface area contributed by atoms with Crippen molar-refractivity contribution in [1.82, 2.24) is 4.98 Å². The third-order valence-electron chi connectivity index (χ3n) is 3.08. The van der Waals surface area contributed by atoms with E-state index in [1.165, 1.54) is 12.3 Å². The number of carbonyl (C=O) groups is 1. The van der Waals surface area contributed by atoms with Gasteiger partial charge in [-0.15, -0.1) is 0 Å². The highest BCUT2D eigenvalue weighted by Crippen LogP contribution is 2.27. The van der Waals surface area contributed by atoms with Crippen molar-refractivity contribution < 1.29 is 14.6 Å². The van der Waals surface area contributed by atoms with Crippen LogP contribution in [0.15, 0.2) is 12.3 Å². The summed E-state index contributed by atoms with van der Waals surface area (Å²) in [6.07, 6.45) is 1.55. The smallest absolute Gasteiger partial charge is 0.337 e. The van der Waals surface area contributed by atoms with Gasteiger partial charge in [0.25, 0.3) is 0 Å². The van der Waals surface area contributed by atoms with E-state index in [2.05, 4.69) is 4.98 Å². The van der Waals surface area contributed by atoms with E-state index in [1.54, 1.807) is 0 Å². The molecular weight excluding hydrogens is 234 g/mol. The number of hydrogen-bond donors (Lipinski definition) is 2. The Morgan fingerprint density at radius 1 is 1.61 bits per heavy atom. The largest absolute Gasteiger partial charge is 0.478 e. The molecule has 18 heavy (non-hydrogen) atoms. The molecule has 6 heteroatoms. The predicted molar refractivity (Wildman–Crippen MR) is 67.8 cm³/mol. The topological polar surface area (TPSA) is 88.7 Å². The molecule has 98 valence electrons. The van der Waals surface area contributed by atoms with Gasteiger partial charge in [0.2, 0.25) is 0 Å². The second-order valence-electron chi connectivity index (χ2n) is 4.55. The normalized spacial score (nSPS) is 24.0. The second kappa shape index (κ2) is 4.81. The average Bonchev–Trinajstić information content (AvgIpc) is 2.32. The summed E-state index contributed by atoms with van der Waals surface area (Å²) in [4.78, 5) is 17.3. The van der Waals surface area contributed by atoms with Gasteiger partial charge in [0, 0.05) is 12.7 Å². The zero-order valence-electron chi connectivity index (χ0n) is 10.5. The Labute approximate surface area is 105 Å². The van der Waals surface area contributed by atoms with E-state index in [0.29, 0.717) is 19.0 Å². The number of morpholine rings is 1. The van der Waals surface area contributed by atoms with Gasteiger partial charge in [-0.25, -0.2) is 9.78 Å². The summed E-state index contributed by atoms with van der Waals surface area (Å²) >= 11 is 0. The van der Waals surface area contributed by atoms with Crippen LogP contribution in [0.3, 0.4) is 0 Å². The van der Waals surface area contributed by atoms with Gasteiger partial charge in [-0.1, -0.05) is 0 Å². The maximum absolute atomic E-state index is 11.1. The lowest BCUT2D eigenvalue weighted by atomic mass is 10.1. The van der Waals surface area contributed by atoms with Crippen LogP contribution in [-0.2, 0) is 4.74 Å². The van der Waals surface area contributed by atoms with E-state index in [-0.39, 0.29) is 23.4 Å². The molecule has 1 saturated heterocycles. The first-order valence-electron chi connectivity index (χ1n) is 5.86. The summed E-state index contributed by atoms with van der Waals surface area (Å²) in [5.41, 5.74) is 6.20. The quantitative estimate of drug-likeness (QED) is 0.814. The van der Waals surface area contributed by atoms with E-state index in [4.69, 9.17) is 15.6 Å². The molecule has 1 aromatic heterocycles. The molecule has 1 aliphatic heterocycles. The fraction of sp³-hybridized carbons (Fsp3) is 0.500. The third-order valence-corrected chi connectivity index (χ3v) is 3.08. The molecule has 3 N–H and O–H groups in total. The summed E-state index contributed by atoms with van der Waals surface area (Å²) in [5, 5.41) is 9.06. The lowest BCUT2D eigenvalue weighted by Crippen LogP contribution is -2.48. The van der Waals surface area contributed by atoms with Crippen LogP contribution in [0, 0.1) is 0 Å². The number of ether oxygens (including phenoxy) is 1. The maximum atomic E-state index is 11.1. The van der Waals surface area contributed by atoms with Crippen LogP contribution in [0.2, 0.25) is 0 Å². The number of carboxylic acid groups (broad SMARTS) is 1. The lowest BCUT2D eigenvalue weighted by molar-refractivity contribution is 0.0341. The fourth-order valence-electron chi connectivity index (χ4n) is 2.08. The highest BCUT2D eigenvalue weighted by atomic mass is 16.5. The standard InChI is InChI=1S/C12H17N3O3/c1-7-6-18-8(2)5-15(7)11-10(13)9(12(16)17)3-4-14-11/h3-4,7-8H,5-6,13H2,1-2H3,(H,16,17). The Kier molecular flexibility index (Phi) is 3.38. The van der Waals surface area contributed by atoms with Crippen LogP contribution >= 0.6 is 0 Å². The first-order valence-corrected chi connectivity index (χ1v) is 5.86. The molecule has 0 aromatic carbocycles. The molecule has 1 aromatic rings. The van der Waals surface area contributed by atoms with Gasteiger partial charge in [0.15, 0.2) is 5.82 Å². The minimum absolute atomic E-state index is 0.0795. The summed E-state index contributed by atoms with van der Waals surface area (Å²) in [6, 6.07) is 1.54. The second-order valence-corrected chi connectivity index (χ2v) is 4.55. The molecule has 0 radical (unpaired) electrons. The Balaban J connectivity index is 2.38. The van der Waals surface area contributed by atoms with E-state index >= 15 is 0 Å². The highest BCUT2D eigenvalue weighted by Gasteiger charge is 2.27. The molecule has 0 spiro atoms. The molecule has 1 aliphatic rings. The van der Waals surface area contributed by atoms with Gasteiger partial charge < -0.3 is 20.5 Å². The molecule has 2 rings (SSSR count). The average molecular weight is 251 g/mol. The molecular formula is C12H17N3O3. The van der Waals surface area contributed by atoms with E-state index in [1.807, 2.05) is 18.7 Å². The van der Waals surface area contributed by atoms with Crippen molar-refractivity contribution in [2.45, 2.75) is 26.0 Å². The van der Waals surface area contributed by atoms with Gasteiger partial charge in [-0.3, -0.25) is 0 Å². The van der Waals surface area contributed by atoms with E-state index < -0.39 is 5.97 Å². The summed E-state index contributed by atoms with van der Waals surface area (Å²) in [7, 11) is 0. The molecule has 0 saturated carbocycles. The fourth-order valence-corrected chi connectivity index (χ4v) is 2.08. The third kappa shape index (κ3) is 2.24. The molecule has 2 atom stereocenters. The number of carboxylic acids is 1. The van der Waals surface area contributed by atoms with Crippen LogP contribution < -0.4 is 10.6 Å². The van der Waals surface area contributed by atoms with Gasteiger partial charge >= 0.3 is 5.97 Å². The van der Waals surface area contributed by atoms with Crippen molar-refractivity contribution in [3.8, 4) is 0 Å². The van der Waals surface area contributed by atoms with Crippen molar-refractivity contribution in [3.05, 3.63) is 17.8 Å². The summed E-state index contributed by atoms with van der Waals surface area (Å²) in [6.45, 7) is 5.21. The van der Waals surface area contributed by atoms with Gasteiger partial charge in [0.05, 0.1) is 30.0 Å². The molecule has 2 unspecified atom stereocenters. The molecule has 1 fully saturated rings. The van der Waals surface area contributed by atoms with E-state index in [0.717, 1.165) is 0 Å². The van der Waals surface area contributed by atoms with E-state index in [9.17, 15) is 4.79 Å². The minimum Gasteiger partial charge on any atom is -0.478 e. The Morgan fingerprint density at radius 3 is 3.00 bits per heavy atom. The minimum atomic E-state index is -1.04. The van der Waals surface area contributed by atoms with Crippen molar-refractivity contribution in [3.63, 3.8) is 0 Å². The number of hydrogen-bond acceptors (Lipinski definition) is 5. The Bertz CT molecular complexity index is 464. The molecule has 2 heterocycles. The Morgan fingerprint density at radius 2 is 2.33 bits per heavy atom. The monoisotopic (exact) mass is 251 g/mol. The lowest BCUT2D eigenvalue weighted by Gasteiger charge is -2.38. The number of aromatic nitrogens is 1. The zero-order valence-corrected chi connectivity index (χ0v) is 10.5. The van der Waals surface area contributed by atoms with Gasteiger partial charge in [-0.05, 0) is 19.9 Å². The first-order chi connectivity index (χ1) is 8.50. The number of nitrogens with two attached hydrogens (primary N) is 1. The zero-order chi connectivity index (χ0) is 13.3. The van der Waals surface area contributed by atoms with Crippen LogP contribution in [0.1, 0.15) is 24.2 Å². The molecule has 0 bridgehead atoms. The highest BCUT2D eigenvalue weighted by molar-refractivity contribution is 5.96. The number of nitrogens with zero attached hydrogens (tertiary/aromatic N) is 2. The number of nitrogen functional groups attached to an aromatic ring is 1. The molecule has 6 nitrogen and oxygen atoms in total. The number of pyridine rings is 1. The molecule has 0 amide bonds. The van der Waals surface area contributed by atoms with Crippen molar-refractivity contribution in [1.29, 1.82) is 0 Å². The predicted octanol–water partition coefficient (Wildman–Crippen LogP) is 0.976. The maximum Gasteiger partial charge on any atom is 0.337 e. The van der Waals surface area contributed by atoms with Crippen LogP contribution in [0.5, 0.6) is 0 Å². The first kappa shape index (κ1) is 12.6. The number of aromatic carboxylic acids is 1. The Hall–Kier alpha value is -1.82. The molecule has 0 aliphatic carbocycles. The van der Waals surface area contributed by atoms with Crippen molar-refractivity contribution >= 4 is 17.5 Å². The van der Waals surface area contributed by atoms with Crippen LogP contribution in [-0.4, -0.2) is 41.4 Å². The summed E-state index contributed by atoms with van der Waals surface area (Å²) < 4.78 is 5.53. The number of anilines is 2. The SMILES string of the molecule is CC1CN(c2nccc(C(=O)O)c2N)C(C)CO1. The van der Waals surface area contributed by atoms with Crippen LogP contribution in [0.25, 0.3) is 0 Å². The van der Waals surface area contributed by atoms with Crippen molar-refractivity contribution in [2.75, 3.05) is 23.8 Å². The number of rotatable bonds is 2. The van der Waals surface area contributed by atoms with Gasteiger partial charge in [-0.2, -0.15) is 0 Å². The summed E-state index contributed by atoms with van der Waals surface area (Å²) in [5.74, 6) is -0.511. The van der Waals surface area contributed by atoms with Crippen molar-refractivity contribution in [2.24, 2.45) is 0 Å². The van der Waals surface area contributed by atoms with Gasteiger partial charge in [0.1, 0.15) is 0 Å². The van der Waals surface area contributed by atoms with Crippen LogP contribution in [0.4, 0.5) is 11.5 Å².